The maximum absolute atomic E-state index is 9.18. The molecule has 0 amide bonds. The van der Waals surface area contributed by atoms with Gasteiger partial charge in [-0.1, -0.05) is 0 Å². The number of ether oxygens (including phenoxy) is 1. The second-order valence-electron chi connectivity index (χ2n) is 2.34. The standard InChI is InChI=1S/C8H12O3/c1-2-11-8(10)6-4-3-5-7(6)9/h5,9-10H,2-4H2,1H3/b8-6+. The van der Waals surface area contributed by atoms with E-state index < -0.39 is 0 Å². The van der Waals surface area contributed by atoms with E-state index in [1.807, 2.05) is 0 Å². The fraction of sp³-hybridized carbons (Fsp3) is 0.500. The van der Waals surface area contributed by atoms with Gasteiger partial charge in [0.1, 0.15) is 5.76 Å². The predicted molar refractivity (Wildman–Crippen MR) is 41.2 cm³/mol. The molecule has 0 aromatic carbocycles. The molecule has 0 heterocycles. The Morgan fingerprint density at radius 2 is 2.45 bits per heavy atom. The molecule has 62 valence electrons. The molecule has 0 saturated heterocycles. The van der Waals surface area contributed by atoms with Crippen LogP contribution >= 0.6 is 0 Å². The third-order valence-corrected chi connectivity index (χ3v) is 1.58. The fourth-order valence-corrected chi connectivity index (χ4v) is 1.04. The number of hydrogen-bond acceptors (Lipinski definition) is 3. The first-order valence-electron chi connectivity index (χ1n) is 3.70. The van der Waals surface area contributed by atoms with Crippen LogP contribution in [-0.4, -0.2) is 16.8 Å². The average molecular weight is 156 g/mol. The highest BCUT2D eigenvalue weighted by atomic mass is 16.6. The van der Waals surface area contributed by atoms with Crippen molar-refractivity contribution in [1.29, 1.82) is 0 Å². The second kappa shape index (κ2) is 3.32. The molecule has 1 aliphatic carbocycles. The van der Waals surface area contributed by atoms with Gasteiger partial charge in [-0.15, -0.1) is 0 Å². The Balaban J connectivity index is 2.70. The highest BCUT2D eigenvalue weighted by Crippen LogP contribution is 2.25. The molecular formula is C8H12O3. The van der Waals surface area contributed by atoms with Crippen LogP contribution in [0, 0.1) is 0 Å². The number of hydrogen-bond donors (Lipinski definition) is 2. The van der Waals surface area contributed by atoms with Crippen LogP contribution in [0.3, 0.4) is 0 Å². The van der Waals surface area contributed by atoms with Crippen molar-refractivity contribution >= 4 is 0 Å². The number of rotatable bonds is 2. The number of aliphatic hydroxyl groups is 2. The minimum Gasteiger partial charge on any atom is -0.508 e. The van der Waals surface area contributed by atoms with Crippen molar-refractivity contribution in [3.05, 3.63) is 23.4 Å². The van der Waals surface area contributed by atoms with E-state index in [4.69, 9.17) is 9.84 Å². The largest absolute Gasteiger partial charge is 0.508 e. The molecule has 0 atom stereocenters. The summed E-state index contributed by atoms with van der Waals surface area (Å²) in [5.74, 6) is 0.00898. The van der Waals surface area contributed by atoms with E-state index in [2.05, 4.69) is 0 Å². The Kier molecular flexibility index (Phi) is 2.41. The maximum atomic E-state index is 9.18. The van der Waals surface area contributed by atoms with E-state index in [0.29, 0.717) is 18.6 Å². The third-order valence-electron chi connectivity index (χ3n) is 1.58. The minimum atomic E-state index is -0.140. The Labute approximate surface area is 65.6 Å². The van der Waals surface area contributed by atoms with Crippen LogP contribution in [0.25, 0.3) is 0 Å². The SMILES string of the molecule is CCO/C(O)=C1\CCC=C1O. The summed E-state index contributed by atoms with van der Waals surface area (Å²) in [5.41, 5.74) is 0.520. The van der Waals surface area contributed by atoms with Gasteiger partial charge in [0.05, 0.1) is 12.2 Å². The Hall–Kier alpha value is -1.12. The molecule has 0 aromatic heterocycles. The van der Waals surface area contributed by atoms with Crippen molar-refractivity contribution in [1.82, 2.24) is 0 Å². The van der Waals surface area contributed by atoms with Crippen LogP contribution in [0.4, 0.5) is 0 Å². The van der Waals surface area contributed by atoms with Crippen LogP contribution in [-0.2, 0) is 4.74 Å². The molecule has 1 rings (SSSR count). The van der Waals surface area contributed by atoms with Gasteiger partial charge in [-0.2, -0.15) is 0 Å². The summed E-state index contributed by atoms with van der Waals surface area (Å²) in [6, 6.07) is 0. The zero-order valence-corrected chi connectivity index (χ0v) is 6.50. The lowest BCUT2D eigenvalue weighted by molar-refractivity contribution is 0.0963. The van der Waals surface area contributed by atoms with Crippen LogP contribution in [0.2, 0.25) is 0 Å². The van der Waals surface area contributed by atoms with E-state index in [1.165, 1.54) is 0 Å². The molecule has 0 spiro atoms. The molecule has 3 nitrogen and oxygen atoms in total. The van der Waals surface area contributed by atoms with E-state index in [1.54, 1.807) is 13.0 Å². The lowest BCUT2D eigenvalue weighted by Gasteiger charge is -2.04. The van der Waals surface area contributed by atoms with Crippen LogP contribution in [0.15, 0.2) is 23.4 Å². The first-order chi connectivity index (χ1) is 5.25. The lowest BCUT2D eigenvalue weighted by Crippen LogP contribution is -1.96. The van der Waals surface area contributed by atoms with Crippen LogP contribution in [0.1, 0.15) is 19.8 Å². The fourth-order valence-electron chi connectivity index (χ4n) is 1.04. The number of aliphatic hydroxyl groups excluding tert-OH is 2. The Morgan fingerprint density at radius 3 is 2.91 bits per heavy atom. The van der Waals surface area contributed by atoms with Gasteiger partial charge in [0.25, 0.3) is 5.95 Å². The highest BCUT2D eigenvalue weighted by Gasteiger charge is 2.15. The van der Waals surface area contributed by atoms with Crippen molar-refractivity contribution in [3.63, 3.8) is 0 Å². The van der Waals surface area contributed by atoms with Gasteiger partial charge >= 0.3 is 0 Å². The summed E-state index contributed by atoms with van der Waals surface area (Å²) in [5, 5.41) is 18.3. The molecule has 0 saturated carbocycles. The van der Waals surface area contributed by atoms with E-state index in [9.17, 15) is 5.11 Å². The summed E-state index contributed by atoms with van der Waals surface area (Å²) < 4.78 is 4.83. The van der Waals surface area contributed by atoms with Crippen molar-refractivity contribution in [2.45, 2.75) is 19.8 Å². The topological polar surface area (TPSA) is 49.7 Å². The molecule has 0 fully saturated rings. The molecule has 2 N–H and O–H groups in total. The summed E-state index contributed by atoms with van der Waals surface area (Å²) >= 11 is 0. The molecule has 0 unspecified atom stereocenters. The van der Waals surface area contributed by atoms with E-state index in [-0.39, 0.29) is 11.7 Å². The molecule has 0 aliphatic heterocycles. The van der Waals surface area contributed by atoms with Crippen LogP contribution < -0.4 is 0 Å². The smallest absolute Gasteiger partial charge is 0.283 e. The molecular weight excluding hydrogens is 144 g/mol. The van der Waals surface area contributed by atoms with Gasteiger partial charge in [-0.3, -0.25) is 0 Å². The zero-order valence-electron chi connectivity index (χ0n) is 6.50. The molecule has 0 aromatic rings. The molecule has 11 heavy (non-hydrogen) atoms. The summed E-state index contributed by atoms with van der Waals surface area (Å²) in [6.45, 7) is 2.20. The van der Waals surface area contributed by atoms with Crippen molar-refractivity contribution in [3.8, 4) is 0 Å². The monoisotopic (exact) mass is 156 g/mol. The predicted octanol–water partition coefficient (Wildman–Crippen LogP) is 2.03. The first-order valence-corrected chi connectivity index (χ1v) is 3.70. The maximum Gasteiger partial charge on any atom is 0.283 e. The van der Waals surface area contributed by atoms with Gasteiger partial charge in [-0.05, 0) is 25.8 Å². The van der Waals surface area contributed by atoms with Gasteiger partial charge < -0.3 is 14.9 Å². The third kappa shape index (κ3) is 1.67. The molecule has 1 aliphatic rings. The first kappa shape index (κ1) is 7.98. The van der Waals surface area contributed by atoms with Gasteiger partial charge in [0.15, 0.2) is 0 Å². The Morgan fingerprint density at radius 1 is 1.73 bits per heavy atom. The molecule has 3 heteroatoms. The van der Waals surface area contributed by atoms with Crippen LogP contribution in [0.5, 0.6) is 0 Å². The summed E-state index contributed by atoms with van der Waals surface area (Å²) in [4.78, 5) is 0. The van der Waals surface area contributed by atoms with E-state index in [0.717, 1.165) is 6.42 Å². The zero-order chi connectivity index (χ0) is 8.27. The lowest BCUT2D eigenvalue weighted by atomic mass is 10.2. The minimum absolute atomic E-state index is 0.140. The van der Waals surface area contributed by atoms with Gasteiger partial charge in [0.2, 0.25) is 0 Å². The van der Waals surface area contributed by atoms with Crippen molar-refractivity contribution < 1.29 is 14.9 Å². The normalized spacial score (nSPS) is 21.4. The van der Waals surface area contributed by atoms with Gasteiger partial charge in [0, 0.05) is 0 Å². The van der Waals surface area contributed by atoms with Crippen molar-refractivity contribution in [2.75, 3.05) is 6.61 Å². The van der Waals surface area contributed by atoms with E-state index >= 15 is 0 Å². The summed E-state index contributed by atoms with van der Waals surface area (Å²) in [7, 11) is 0. The average Bonchev–Trinajstić information content (AvgIpc) is 2.36. The molecule has 0 radical (unpaired) electrons. The van der Waals surface area contributed by atoms with Gasteiger partial charge in [-0.25, -0.2) is 0 Å². The highest BCUT2D eigenvalue weighted by molar-refractivity contribution is 5.30. The second-order valence-corrected chi connectivity index (χ2v) is 2.34. The number of allylic oxidation sites excluding steroid dienone is 2. The Bertz CT molecular complexity index is 203. The summed E-state index contributed by atoms with van der Waals surface area (Å²) in [6.07, 6.45) is 3.11. The molecule has 0 bridgehead atoms. The quantitative estimate of drug-likeness (QED) is 0.601. The van der Waals surface area contributed by atoms with Crippen molar-refractivity contribution in [2.24, 2.45) is 0 Å².